The van der Waals surface area contributed by atoms with E-state index in [1.165, 1.54) is 17.8 Å². The number of hydrogen-bond acceptors (Lipinski definition) is 6. The van der Waals surface area contributed by atoms with Gasteiger partial charge in [0.05, 0.1) is 6.42 Å². The number of urea groups is 1. The predicted molar refractivity (Wildman–Crippen MR) is 81.2 cm³/mol. The Bertz CT molecular complexity index is 692. The van der Waals surface area contributed by atoms with Crippen molar-refractivity contribution in [3.63, 3.8) is 0 Å². The number of halogens is 1. The van der Waals surface area contributed by atoms with Crippen molar-refractivity contribution in [2.45, 2.75) is 24.5 Å². The van der Waals surface area contributed by atoms with Crippen LogP contribution in [-0.2, 0) is 11.2 Å². The molecule has 0 unspecified atom stereocenters. The van der Waals surface area contributed by atoms with Crippen LogP contribution in [0.15, 0.2) is 33.9 Å². The van der Waals surface area contributed by atoms with Crippen molar-refractivity contribution in [1.82, 2.24) is 15.5 Å². The molecule has 2 aromatic rings. The van der Waals surface area contributed by atoms with E-state index < -0.39 is 11.9 Å². The summed E-state index contributed by atoms with van der Waals surface area (Å²) in [6.07, 6.45) is 0.919. The second-order valence-electron chi connectivity index (χ2n) is 4.59. The van der Waals surface area contributed by atoms with Crippen LogP contribution in [0.1, 0.15) is 24.3 Å². The number of amides is 3. The number of nitrogens with zero attached hydrogens (tertiary/aromatic N) is 2. The first-order valence-electron chi connectivity index (χ1n) is 6.82. The molecule has 3 N–H and O–H groups in total. The minimum atomic E-state index is -0.864. The lowest BCUT2D eigenvalue weighted by molar-refractivity contribution is -0.119. The highest BCUT2D eigenvalue weighted by Crippen LogP contribution is 2.19. The third-order valence-electron chi connectivity index (χ3n) is 2.78. The zero-order valence-corrected chi connectivity index (χ0v) is 12.9. The van der Waals surface area contributed by atoms with Gasteiger partial charge in [-0.2, -0.15) is 0 Å². The molecule has 0 aliphatic rings. The topological polar surface area (TPSA) is 111 Å². The lowest BCUT2D eigenvalue weighted by atomic mass is 10.1. The quantitative estimate of drug-likeness (QED) is 0.589. The molecule has 3 amide bonds. The molecule has 1 aromatic carbocycles. The van der Waals surface area contributed by atoms with E-state index in [0.29, 0.717) is 28.9 Å². The van der Waals surface area contributed by atoms with Crippen LogP contribution in [0.25, 0.3) is 0 Å². The van der Waals surface area contributed by atoms with Gasteiger partial charge in [0, 0.05) is 12.2 Å². The van der Waals surface area contributed by atoms with Gasteiger partial charge in [-0.05, 0) is 18.1 Å². The molecule has 7 nitrogen and oxygen atoms in total. The lowest BCUT2D eigenvalue weighted by Gasteiger charge is -1.99. The largest absolute Gasteiger partial charge is 0.416 e. The Balaban J connectivity index is 1.76. The number of carbonyl (C=O) groups is 2. The van der Waals surface area contributed by atoms with E-state index in [0.717, 1.165) is 0 Å². The van der Waals surface area contributed by atoms with Gasteiger partial charge in [-0.3, -0.25) is 10.1 Å². The second-order valence-corrected chi connectivity index (χ2v) is 5.64. The summed E-state index contributed by atoms with van der Waals surface area (Å²) in [5.41, 5.74) is 5.31. The van der Waals surface area contributed by atoms with Crippen molar-refractivity contribution < 1.29 is 18.4 Å². The normalized spacial score (nSPS) is 10.5. The van der Waals surface area contributed by atoms with Gasteiger partial charge in [-0.15, -0.1) is 10.2 Å². The molecule has 2 rings (SSSR count). The molecule has 23 heavy (non-hydrogen) atoms. The Morgan fingerprint density at radius 2 is 2.09 bits per heavy atom. The highest BCUT2D eigenvalue weighted by atomic mass is 32.2. The molecular formula is C14H15FN4O3S. The number of nitrogens with two attached hydrogens (primary N) is 1. The molecule has 0 atom stereocenters. The summed E-state index contributed by atoms with van der Waals surface area (Å²) in [4.78, 5) is 21.7. The van der Waals surface area contributed by atoms with Crippen molar-refractivity contribution >= 4 is 23.7 Å². The van der Waals surface area contributed by atoms with Crippen molar-refractivity contribution in [3.05, 3.63) is 41.5 Å². The van der Waals surface area contributed by atoms with Crippen LogP contribution < -0.4 is 11.1 Å². The van der Waals surface area contributed by atoms with Gasteiger partial charge in [0.2, 0.25) is 11.8 Å². The van der Waals surface area contributed by atoms with Crippen LogP contribution in [0.2, 0.25) is 0 Å². The van der Waals surface area contributed by atoms with E-state index in [1.54, 1.807) is 18.2 Å². The molecule has 0 saturated carbocycles. The number of carbonyl (C=O) groups excluding carboxylic acids is 2. The first-order valence-corrected chi connectivity index (χ1v) is 7.81. The van der Waals surface area contributed by atoms with Crippen molar-refractivity contribution in [3.8, 4) is 0 Å². The summed E-state index contributed by atoms with van der Waals surface area (Å²) in [6, 6.07) is 5.52. The number of benzene rings is 1. The average molecular weight is 338 g/mol. The third-order valence-corrected chi connectivity index (χ3v) is 3.69. The van der Waals surface area contributed by atoms with Gasteiger partial charge in [0.15, 0.2) is 0 Å². The predicted octanol–water partition coefficient (Wildman–Crippen LogP) is 1.87. The summed E-state index contributed by atoms with van der Waals surface area (Å²) < 4.78 is 18.9. The standard InChI is InChI=1S/C14H15FN4O3S/c15-10-5-2-1-4-9(10)8-12-18-19-14(22-12)23-7-3-6-11(20)17-13(16)21/h1-2,4-5H,3,6-8H2,(H3,16,17,20,21). The highest BCUT2D eigenvalue weighted by molar-refractivity contribution is 7.99. The van der Waals surface area contributed by atoms with Crippen molar-refractivity contribution in [2.24, 2.45) is 5.73 Å². The van der Waals surface area contributed by atoms with Gasteiger partial charge in [-0.25, -0.2) is 9.18 Å². The molecular weight excluding hydrogens is 323 g/mol. The fourth-order valence-corrected chi connectivity index (χ4v) is 2.48. The zero-order valence-electron chi connectivity index (χ0n) is 12.1. The number of rotatable bonds is 7. The van der Waals surface area contributed by atoms with Crippen LogP contribution in [0, 0.1) is 5.82 Å². The Labute approximate surface area is 135 Å². The van der Waals surface area contributed by atoms with Crippen LogP contribution in [0.4, 0.5) is 9.18 Å². The summed E-state index contributed by atoms with van der Waals surface area (Å²) in [5, 5.41) is 10.1. The number of primary amides is 1. The van der Waals surface area contributed by atoms with Gasteiger partial charge in [0.25, 0.3) is 5.22 Å². The van der Waals surface area contributed by atoms with Crippen LogP contribution in [0.3, 0.4) is 0 Å². The van der Waals surface area contributed by atoms with Gasteiger partial charge < -0.3 is 10.2 Å². The van der Waals surface area contributed by atoms with Crippen LogP contribution in [0.5, 0.6) is 0 Å². The molecule has 0 fully saturated rings. The van der Waals surface area contributed by atoms with Crippen molar-refractivity contribution in [2.75, 3.05) is 5.75 Å². The molecule has 9 heteroatoms. The fraction of sp³-hybridized carbons (Fsp3) is 0.286. The maximum absolute atomic E-state index is 13.5. The van der Waals surface area contributed by atoms with Crippen LogP contribution >= 0.6 is 11.8 Å². The Morgan fingerprint density at radius 1 is 1.30 bits per heavy atom. The summed E-state index contributed by atoms with van der Waals surface area (Å²) in [7, 11) is 0. The molecule has 1 heterocycles. The van der Waals surface area contributed by atoms with Crippen molar-refractivity contribution in [1.29, 1.82) is 0 Å². The van der Waals surface area contributed by atoms with Gasteiger partial charge >= 0.3 is 6.03 Å². The van der Waals surface area contributed by atoms with E-state index in [2.05, 4.69) is 10.2 Å². The summed E-state index contributed by atoms with van der Waals surface area (Å²) in [5.74, 6) is 0.140. The van der Waals surface area contributed by atoms with Gasteiger partial charge in [0.1, 0.15) is 5.82 Å². The smallest absolute Gasteiger partial charge is 0.318 e. The summed E-state index contributed by atoms with van der Waals surface area (Å²) >= 11 is 1.29. The SMILES string of the molecule is NC(=O)NC(=O)CCCSc1nnc(Cc2ccccc2F)o1. The number of nitrogens with one attached hydrogen (secondary N) is 1. The average Bonchev–Trinajstić information content (AvgIpc) is 2.93. The number of thioether (sulfide) groups is 1. The number of imide groups is 1. The molecule has 0 aliphatic heterocycles. The van der Waals surface area contributed by atoms with E-state index in [4.69, 9.17) is 10.2 Å². The van der Waals surface area contributed by atoms with E-state index >= 15 is 0 Å². The highest BCUT2D eigenvalue weighted by Gasteiger charge is 2.10. The Kier molecular flexibility index (Phi) is 6.10. The third kappa shape index (κ3) is 5.70. The minimum absolute atomic E-state index is 0.173. The minimum Gasteiger partial charge on any atom is -0.416 e. The van der Waals surface area contributed by atoms with Crippen LogP contribution in [-0.4, -0.2) is 27.9 Å². The molecule has 0 saturated heterocycles. The number of aromatic nitrogens is 2. The monoisotopic (exact) mass is 338 g/mol. The van der Waals surface area contributed by atoms with E-state index in [1.807, 2.05) is 5.32 Å². The zero-order chi connectivity index (χ0) is 16.7. The first kappa shape index (κ1) is 16.9. The number of hydrogen-bond donors (Lipinski definition) is 2. The second kappa shape index (κ2) is 8.28. The Morgan fingerprint density at radius 3 is 2.83 bits per heavy atom. The van der Waals surface area contributed by atoms with E-state index in [9.17, 15) is 14.0 Å². The maximum atomic E-state index is 13.5. The molecule has 1 aromatic heterocycles. The van der Waals surface area contributed by atoms with E-state index in [-0.39, 0.29) is 18.7 Å². The molecule has 122 valence electrons. The molecule has 0 radical (unpaired) electrons. The first-order chi connectivity index (χ1) is 11.0. The summed E-state index contributed by atoms with van der Waals surface area (Å²) in [6.45, 7) is 0. The Hall–Kier alpha value is -2.42. The molecule has 0 aliphatic carbocycles. The fourth-order valence-electron chi connectivity index (χ4n) is 1.76. The van der Waals surface area contributed by atoms with Gasteiger partial charge in [-0.1, -0.05) is 30.0 Å². The molecule has 0 spiro atoms. The maximum Gasteiger partial charge on any atom is 0.318 e. The lowest BCUT2D eigenvalue weighted by Crippen LogP contribution is -2.34. The molecule has 0 bridgehead atoms.